The summed E-state index contributed by atoms with van der Waals surface area (Å²) in [6, 6.07) is 2.26. The van der Waals surface area contributed by atoms with Crippen LogP contribution in [0.5, 0.6) is 0 Å². The van der Waals surface area contributed by atoms with Gasteiger partial charge < -0.3 is 10.2 Å². The van der Waals surface area contributed by atoms with Gasteiger partial charge in [-0.15, -0.1) is 11.3 Å². The monoisotopic (exact) mass is 533 g/mol. The first kappa shape index (κ1) is 28.0. The van der Waals surface area contributed by atoms with Gasteiger partial charge in [-0.3, -0.25) is 9.80 Å². The number of halogens is 6. The van der Waals surface area contributed by atoms with Gasteiger partial charge in [0.15, 0.2) is 0 Å². The number of carboxylic acids is 2. The molecule has 15 heteroatoms. The van der Waals surface area contributed by atoms with Crippen LogP contribution >= 0.6 is 22.7 Å². The lowest BCUT2D eigenvalue weighted by molar-refractivity contribution is -0.193. The number of hydrogen-bond donors (Lipinski definition) is 2. The summed E-state index contributed by atoms with van der Waals surface area (Å²) in [5.41, 5.74) is 2.05. The van der Waals surface area contributed by atoms with Crippen LogP contribution in [-0.4, -0.2) is 75.5 Å². The van der Waals surface area contributed by atoms with Gasteiger partial charge in [-0.05, 0) is 35.4 Å². The van der Waals surface area contributed by atoms with Crippen LogP contribution in [0.1, 0.15) is 17.0 Å². The van der Waals surface area contributed by atoms with E-state index in [9.17, 15) is 26.3 Å². The van der Waals surface area contributed by atoms with Gasteiger partial charge in [-0.1, -0.05) is 0 Å². The molecule has 0 aromatic carbocycles. The second kappa shape index (κ2) is 11.5. The van der Waals surface area contributed by atoms with Gasteiger partial charge in [0.25, 0.3) is 0 Å². The van der Waals surface area contributed by atoms with Crippen LogP contribution in [0.4, 0.5) is 26.3 Å². The van der Waals surface area contributed by atoms with Crippen LogP contribution in [-0.2, 0) is 22.7 Å². The summed E-state index contributed by atoms with van der Waals surface area (Å²) in [4.78, 5) is 27.4. The second-order valence-corrected chi connectivity index (χ2v) is 9.53. The number of hydrogen-bond acceptors (Lipinski definition) is 7. The standard InChI is InChI=1S/C15H19N3S2.2C2HF3O2/c1-5-19-9-13(1)7-17-4-2-15(10-17)11-18(12-15)8-14-16-3-6-20-14;2*3-2(4,5)1(6)7/h1,3,5-6,9H,2,4,7-8,10-12H2;2*(H,6,7). The average molecular weight is 534 g/mol. The Bertz CT molecular complexity index is 890. The predicted molar refractivity (Wildman–Crippen MR) is 111 cm³/mol. The second-order valence-electron chi connectivity index (χ2n) is 7.77. The highest BCUT2D eigenvalue weighted by Crippen LogP contribution is 2.40. The SMILES string of the molecule is O=C(O)C(F)(F)F.O=C(O)C(F)(F)F.c1csc(CN2CC3(CCN(Cc4ccsc4)C3)C2)n1. The molecule has 0 amide bonds. The molecule has 0 radical (unpaired) electrons. The third-order valence-corrected chi connectivity index (χ3v) is 6.45. The first-order chi connectivity index (χ1) is 15.7. The Balaban J connectivity index is 0.000000244. The lowest BCUT2D eigenvalue weighted by atomic mass is 9.79. The molecule has 4 rings (SSSR count). The van der Waals surface area contributed by atoms with E-state index in [1.807, 2.05) is 6.20 Å². The van der Waals surface area contributed by atoms with Crippen LogP contribution in [0.25, 0.3) is 0 Å². The average Bonchev–Trinajstić information content (AvgIpc) is 3.44. The number of nitrogens with zero attached hydrogens (tertiary/aromatic N) is 3. The zero-order valence-corrected chi connectivity index (χ0v) is 19.1. The maximum atomic E-state index is 10.6. The number of carbonyl (C=O) groups is 2. The van der Waals surface area contributed by atoms with Crippen molar-refractivity contribution in [2.45, 2.75) is 31.9 Å². The molecule has 1 spiro atoms. The van der Waals surface area contributed by atoms with Gasteiger partial charge in [-0.2, -0.15) is 37.7 Å². The number of thiazole rings is 1. The quantitative estimate of drug-likeness (QED) is 0.570. The molecule has 2 N–H and O–H groups in total. The van der Waals surface area contributed by atoms with E-state index in [2.05, 4.69) is 37.0 Å². The van der Waals surface area contributed by atoms with Gasteiger partial charge in [0.2, 0.25) is 0 Å². The Morgan fingerprint density at radius 1 is 0.971 bits per heavy atom. The molecular weight excluding hydrogens is 512 g/mol. The number of alkyl halides is 6. The highest BCUT2D eigenvalue weighted by molar-refractivity contribution is 7.09. The third kappa shape index (κ3) is 8.85. The number of thiophene rings is 1. The molecule has 34 heavy (non-hydrogen) atoms. The molecule has 2 saturated heterocycles. The number of rotatable bonds is 4. The van der Waals surface area contributed by atoms with Gasteiger partial charge in [0, 0.05) is 43.2 Å². The summed E-state index contributed by atoms with van der Waals surface area (Å²) < 4.78 is 63.5. The van der Waals surface area contributed by atoms with Crippen molar-refractivity contribution in [3.63, 3.8) is 0 Å². The molecule has 2 aromatic heterocycles. The van der Waals surface area contributed by atoms with Crippen molar-refractivity contribution in [3.05, 3.63) is 39.0 Å². The normalized spacial score (nSPS) is 17.8. The van der Waals surface area contributed by atoms with Gasteiger partial charge in [0.1, 0.15) is 5.01 Å². The molecular formula is C19H21F6N3O4S2. The number of aliphatic carboxylic acids is 2. The van der Waals surface area contributed by atoms with Gasteiger partial charge in [0.05, 0.1) is 6.54 Å². The fourth-order valence-electron chi connectivity index (χ4n) is 3.60. The minimum atomic E-state index is -5.08. The van der Waals surface area contributed by atoms with Gasteiger partial charge >= 0.3 is 24.3 Å². The minimum absolute atomic E-state index is 0.577. The number of likely N-dealkylation sites (tertiary alicyclic amines) is 2. The molecule has 190 valence electrons. The van der Waals surface area contributed by atoms with E-state index in [0.717, 1.165) is 13.1 Å². The highest BCUT2D eigenvalue weighted by Gasteiger charge is 2.47. The molecule has 2 aliphatic heterocycles. The lowest BCUT2D eigenvalue weighted by Gasteiger charge is -2.48. The largest absolute Gasteiger partial charge is 0.490 e. The van der Waals surface area contributed by atoms with Crippen molar-refractivity contribution in [2.75, 3.05) is 26.2 Å². The van der Waals surface area contributed by atoms with Crippen molar-refractivity contribution >= 4 is 34.6 Å². The number of aromatic nitrogens is 1. The molecule has 0 saturated carbocycles. The molecule has 0 unspecified atom stereocenters. The maximum absolute atomic E-state index is 10.6. The lowest BCUT2D eigenvalue weighted by Crippen LogP contribution is -2.56. The first-order valence-electron chi connectivity index (χ1n) is 9.65. The summed E-state index contributed by atoms with van der Waals surface area (Å²) in [5.74, 6) is -5.51. The Morgan fingerprint density at radius 2 is 1.53 bits per heavy atom. The first-order valence-corrected chi connectivity index (χ1v) is 11.5. The molecule has 2 fully saturated rings. The summed E-state index contributed by atoms with van der Waals surface area (Å²) in [7, 11) is 0. The number of carboxylic acid groups (broad SMARTS) is 2. The molecule has 0 bridgehead atoms. The Morgan fingerprint density at radius 3 is 1.97 bits per heavy atom. The van der Waals surface area contributed by atoms with E-state index in [0.29, 0.717) is 5.41 Å². The van der Waals surface area contributed by atoms with E-state index >= 15 is 0 Å². The van der Waals surface area contributed by atoms with Crippen molar-refractivity contribution in [2.24, 2.45) is 5.41 Å². The molecule has 7 nitrogen and oxygen atoms in total. The zero-order valence-electron chi connectivity index (χ0n) is 17.5. The van der Waals surface area contributed by atoms with Crippen LogP contribution in [0.2, 0.25) is 0 Å². The fourth-order valence-corrected chi connectivity index (χ4v) is 4.92. The Hall–Kier alpha value is -2.23. The molecule has 4 heterocycles. The Labute approximate surface area is 198 Å². The Kier molecular flexibility index (Phi) is 9.45. The summed E-state index contributed by atoms with van der Waals surface area (Å²) >= 11 is 3.58. The molecule has 2 aliphatic rings. The summed E-state index contributed by atoms with van der Waals surface area (Å²) in [6.45, 7) is 7.24. The minimum Gasteiger partial charge on any atom is -0.475 e. The van der Waals surface area contributed by atoms with E-state index in [1.54, 1.807) is 22.7 Å². The van der Waals surface area contributed by atoms with Gasteiger partial charge in [-0.25, -0.2) is 14.6 Å². The molecule has 0 aliphatic carbocycles. The van der Waals surface area contributed by atoms with E-state index in [4.69, 9.17) is 19.8 Å². The van der Waals surface area contributed by atoms with Crippen LogP contribution in [0, 0.1) is 5.41 Å². The topological polar surface area (TPSA) is 94.0 Å². The third-order valence-electron chi connectivity index (χ3n) is 4.95. The predicted octanol–water partition coefficient (Wildman–Crippen LogP) is 4.18. The molecule has 2 aromatic rings. The summed E-state index contributed by atoms with van der Waals surface area (Å²) in [6.07, 6.45) is -6.89. The smallest absolute Gasteiger partial charge is 0.475 e. The van der Waals surface area contributed by atoms with E-state index in [1.165, 1.54) is 43.2 Å². The van der Waals surface area contributed by atoms with Crippen LogP contribution < -0.4 is 0 Å². The fraction of sp³-hybridized carbons (Fsp3) is 0.526. The zero-order chi connectivity index (χ0) is 25.6. The van der Waals surface area contributed by atoms with E-state index in [-0.39, 0.29) is 0 Å². The molecule has 0 atom stereocenters. The highest BCUT2D eigenvalue weighted by atomic mass is 32.1. The van der Waals surface area contributed by atoms with Crippen molar-refractivity contribution < 1.29 is 46.1 Å². The maximum Gasteiger partial charge on any atom is 0.490 e. The van der Waals surface area contributed by atoms with Crippen molar-refractivity contribution in [1.29, 1.82) is 0 Å². The summed E-state index contributed by atoms with van der Waals surface area (Å²) in [5, 5.41) is 22.0. The van der Waals surface area contributed by atoms with Crippen LogP contribution in [0.3, 0.4) is 0 Å². The van der Waals surface area contributed by atoms with Crippen LogP contribution in [0.15, 0.2) is 28.4 Å². The van der Waals surface area contributed by atoms with Crippen molar-refractivity contribution in [1.82, 2.24) is 14.8 Å². The van der Waals surface area contributed by atoms with E-state index < -0.39 is 24.3 Å². The van der Waals surface area contributed by atoms with Crippen molar-refractivity contribution in [3.8, 4) is 0 Å².